The summed E-state index contributed by atoms with van der Waals surface area (Å²) in [5.74, 6) is 1.26. The van der Waals surface area contributed by atoms with Crippen LogP contribution in [0.2, 0.25) is 0 Å². The van der Waals surface area contributed by atoms with Crippen LogP contribution in [0.4, 0.5) is 0 Å². The Morgan fingerprint density at radius 2 is 0.473 bits per heavy atom. The number of benzene rings is 10. The van der Waals surface area contributed by atoms with Gasteiger partial charge in [0.05, 0.1) is 0 Å². The molecule has 0 N–H and O–H groups in total. The lowest BCUT2D eigenvalue weighted by Gasteiger charge is -2.09. The maximum Gasteiger partial charge on any atom is 0.213 e. The Kier molecular flexibility index (Phi) is 27.0. The highest BCUT2D eigenvalue weighted by Crippen LogP contribution is 2.33. The highest BCUT2D eigenvalue weighted by molar-refractivity contribution is 5.75. The third-order valence-corrected chi connectivity index (χ3v) is 20.9. The number of hydrogen-bond acceptors (Lipinski definition) is 0. The van der Waals surface area contributed by atoms with Crippen LogP contribution in [-0.2, 0) is 48.1 Å². The molecule has 0 spiro atoms. The van der Waals surface area contributed by atoms with E-state index in [0.29, 0.717) is 11.8 Å². The summed E-state index contributed by atoms with van der Waals surface area (Å²) in [5.41, 5.74) is 37.3. The second kappa shape index (κ2) is 37.7. The molecule has 110 heavy (non-hydrogen) atoms. The monoisotopic (exact) mass is 1440 g/mol. The highest BCUT2D eigenvalue weighted by atomic mass is 14.9. The summed E-state index contributed by atoms with van der Waals surface area (Å²) in [5, 5.41) is 0. The SMILES string of the molecule is CCc1ccc(-c2cc[n+](C)c(-c3ccccc3C)c2)cc1.Cc1ccc(-c2cc[n+](C)c(-c3ccccc3C)c2)cc1.Cc1ccccc1-c1cc(-c2ccc(C(C)C)cc2)cc[n+]1C.Cc1ccccc1-c1cc(-c2ccc(CC(C)C)cc2)cc[n+]1C.Cc1ccccc1-c1cc(-c2ccccc2)cc[n+]1C. The van der Waals surface area contributed by atoms with Crippen LogP contribution < -0.4 is 22.8 Å². The first kappa shape index (κ1) is 79.0. The summed E-state index contributed by atoms with van der Waals surface area (Å²) in [4.78, 5) is 0. The number of hydrogen-bond donors (Lipinski definition) is 0. The minimum Gasteiger partial charge on any atom is -0.201 e. The van der Waals surface area contributed by atoms with E-state index in [1.165, 1.54) is 162 Å². The predicted octanol–water partition coefficient (Wildman–Crippen LogP) is 24.0. The zero-order valence-electron chi connectivity index (χ0n) is 67.6. The second-order valence-electron chi connectivity index (χ2n) is 30.0. The van der Waals surface area contributed by atoms with Crippen molar-refractivity contribution < 1.29 is 22.8 Å². The van der Waals surface area contributed by atoms with Gasteiger partial charge in [-0.1, -0.05) is 259 Å². The van der Waals surface area contributed by atoms with E-state index < -0.39 is 0 Å². The normalized spacial score (nSPS) is 10.8. The van der Waals surface area contributed by atoms with E-state index in [0.717, 1.165) is 12.8 Å². The average Bonchev–Trinajstić information content (AvgIpc) is 0.832. The van der Waals surface area contributed by atoms with Crippen molar-refractivity contribution in [3.8, 4) is 112 Å². The molecular formula is C105H110N5+5. The fourth-order valence-electron chi connectivity index (χ4n) is 14.1. The molecule has 5 heterocycles. The van der Waals surface area contributed by atoms with Gasteiger partial charge in [-0.2, -0.15) is 0 Å². The summed E-state index contributed by atoms with van der Waals surface area (Å²) in [6.07, 6.45) is 12.9. The number of pyridine rings is 5. The molecule has 15 rings (SSSR count). The highest BCUT2D eigenvalue weighted by Gasteiger charge is 2.20. The molecule has 0 bridgehead atoms. The molecule has 0 aliphatic carbocycles. The van der Waals surface area contributed by atoms with E-state index in [1.807, 2.05) is 0 Å². The Balaban J connectivity index is 0.000000137. The van der Waals surface area contributed by atoms with E-state index in [-0.39, 0.29) is 0 Å². The largest absolute Gasteiger partial charge is 0.213 e. The number of nitrogens with zero attached hydrogens (tertiary/aromatic N) is 5. The maximum atomic E-state index is 2.29. The molecule has 0 unspecified atom stereocenters. The third-order valence-electron chi connectivity index (χ3n) is 20.9. The lowest BCUT2D eigenvalue weighted by atomic mass is 9.97. The van der Waals surface area contributed by atoms with Crippen LogP contribution >= 0.6 is 0 Å². The predicted molar refractivity (Wildman–Crippen MR) is 463 cm³/mol. The van der Waals surface area contributed by atoms with Gasteiger partial charge in [0, 0.05) is 88.5 Å². The number of aromatic nitrogens is 5. The Morgan fingerprint density at radius 1 is 0.236 bits per heavy atom. The van der Waals surface area contributed by atoms with Crippen LogP contribution in [0.1, 0.15) is 90.6 Å². The molecule has 0 saturated heterocycles. The molecular weight excluding hydrogens is 1330 g/mol. The van der Waals surface area contributed by atoms with E-state index in [9.17, 15) is 0 Å². The molecule has 0 fully saturated rings. The zero-order chi connectivity index (χ0) is 77.8. The Morgan fingerprint density at radius 3 is 0.727 bits per heavy atom. The molecule has 550 valence electrons. The molecule has 0 atom stereocenters. The van der Waals surface area contributed by atoms with E-state index in [4.69, 9.17) is 0 Å². The van der Waals surface area contributed by atoms with Gasteiger partial charge >= 0.3 is 0 Å². The van der Waals surface area contributed by atoms with Gasteiger partial charge < -0.3 is 0 Å². The van der Waals surface area contributed by atoms with E-state index >= 15 is 0 Å². The first-order chi connectivity index (χ1) is 53.2. The zero-order valence-corrected chi connectivity index (χ0v) is 67.6. The van der Waals surface area contributed by atoms with Gasteiger partial charge in [0.15, 0.2) is 31.0 Å². The van der Waals surface area contributed by atoms with Crippen LogP contribution in [0.3, 0.4) is 0 Å². The fourth-order valence-corrected chi connectivity index (χ4v) is 14.1. The number of aryl methyl sites for hydroxylation is 12. The summed E-state index contributed by atoms with van der Waals surface area (Å²) < 4.78 is 10.9. The van der Waals surface area contributed by atoms with Crippen molar-refractivity contribution in [3.05, 3.63) is 390 Å². The van der Waals surface area contributed by atoms with Gasteiger partial charge in [0.1, 0.15) is 35.2 Å². The first-order valence-electron chi connectivity index (χ1n) is 38.9. The molecule has 5 heteroatoms. The summed E-state index contributed by atoms with van der Waals surface area (Å²) >= 11 is 0. The van der Waals surface area contributed by atoms with Crippen LogP contribution in [0, 0.1) is 47.5 Å². The molecule has 0 aliphatic heterocycles. The molecule has 0 saturated carbocycles. The first-order valence-corrected chi connectivity index (χ1v) is 38.9. The summed E-state index contributed by atoms with van der Waals surface area (Å²) in [6.45, 7) is 24.1. The third kappa shape index (κ3) is 20.4. The molecule has 5 aromatic heterocycles. The maximum absolute atomic E-state index is 2.29. The molecule has 10 aromatic carbocycles. The van der Waals surface area contributed by atoms with Crippen molar-refractivity contribution in [1.82, 2.24) is 0 Å². The smallest absolute Gasteiger partial charge is 0.201 e. The minimum atomic E-state index is 0.570. The summed E-state index contributed by atoms with van der Waals surface area (Å²) in [7, 11) is 10.5. The molecule has 0 amide bonds. The quantitative estimate of drug-likeness (QED) is 0.0967. The Bertz CT molecular complexity index is 5530. The van der Waals surface area contributed by atoms with Crippen molar-refractivity contribution in [2.45, 2.75) is 94.9 Å². The van der Waals surface area contributed by atoms with Crippen LogP contribution in [0.5, 0.6) is 0 Å². The van der Waals surface area contributed by atoms with Crippen LogP contribution in [0.15, 0.2) is 340 Å². The Labute approximate surface area is 657 Å². The van der Waals surface area contributed by atoms with Crippen molar-refractivity contribution in [2.24, 2.45) is 41.2 Å². The fraction of sp³-hybridized carbons (Fsp3) is 0.190. The van der Waals surface area contributed by atoms with E-state index in [1.54, 1.807) is 0 Å². The number of rotatable bonds is 14. The molecule has 5 nitrogen and oxygen atoms in total. The second-order valence-corrected chi connectivity index (χ2v) is 30.0. The lowest BCUT2D eigenvalue weighted by Crippen LogP contribution is -2.30. The standard InChI is InChI=1S/C23H26N.C22H24N.C21H22N.C20H20N.C19H18N/c1-17(2)15-19-9-11-20(12-10-19)21-13-14-24(4)23(16-21)22-8-6-5-7-18(22)3;1-16(2)18-9-11-19(12-10-18)20-13-14-23(4)22(15-20)21-8-6-5-7-17(21)3;1-4-17-9-11-18(12-10-17)19-13-14-22(3)21(15-19)20-8-6-5-7-16(20)2;1-15-8-10-17(11-9-15)18-12-13-21(3)20(14-18)19-7-5-4-6-16(19)2;1-15-8-6-7-11-18(15)19-14-17(12-13-20(19)2)16-9-4-3-5-10-16/h5-14,16-17H,15H2,1-4H3;5-16H,1-4H3;5-15H,4H2,1-3H3;4-14H,1-3H3;3-14H,1-2H3/q5*+1. The van der Waals surface area contributed by atoms with Crippen molar-refractivity contribution in [3.63, 3.8) is 0 Å². The minimum absolute atomic E-state index is 0.570. The average molecular weight is 1440 g/mol. The molecule has 0 aliphatic rings. The van der Waals surface area contributed by atoms with Crippen molar-refractivity contribution in [1.29, 1.82) is 0 Å². The van der Waals surface area contributed by atoms with Crippen LogP contribution in [-0.4, -0.2) is 0 Å². The van der Waals surface area contributed by atoms with Gasteiger partial charge in [-0.05, 0) is 197 Å². The van der Waals surface area contributed by atoms with Gasteiger partial charge in [-0.15, -0.1) is 0 Å². The Hall–Kier alpha value is -12.1. The van der Waals surface area contributed by atoms with Gasteiger partial charge in [-0.25, -0.2) is 22.8 Å². The topological polar surface area (TPSA) is 19.4 Å². The van der Waals surface area contributed by atoms with Gasteiger partial charge in [-0.3, -0.25) is 0 Å². The lowest BCUT2D eigenvalue weighted by molar-refractivity contribution is -0.660. The van der Waals surface area contributed by atoms with Crippen LogP contribution in [0.25, 0.3) is 112 Å². The van der Waals surface area contributed by atoms with Crippen molar-refractivity contribution >= 4 is 0 Å². The van der Waals surface area contributed by atoms with Gasteiger partial charge in [0.25, 0.3) is 0 Å². The molecule has 0 radical (unpaired) electrons. The van der Waals surface area contributed by atoms with E-state index in [2.05, 4.69) is 475 Å². The molecule has 15 aromatic rings. The van der Waals surface area contributed by atoms with Gasteiger partial charge in [0.2, 0.25) is 28.5 Å². The summed E-state index contributed by atoms with van der Waals surface area (Å²) in [6, 6.07) is 111. The van der Waals surface area contributed by atoms with Crippen molar-refractivity contribution in [2.75, 3.05) is 0 Å².